The lowest BCUT2D eigenvalue weighted by molar-refractivity contribution is -0.119. The van der Waals surface area contributed by atoms with Crippen molar-refractivity contribution in [1.82, 2.24) is 4.72 Å². The Balaban J connectivity index is 1.53. The number of rotatable bonds is 5. The van der Waals surface area contributed by atoms with Gasteiger partial charge in [-0.2, -0.15) is 0 Å². The van der Waals surface area contributed by atoms with Crippen molar-refractivity contribution >= 4 is 21.6 Å². The highest BCUT2D eigenvalue weighted by molar-refractivity contribution is 7.89. The first-order valence-corrected chi connectivity index (χ1v) is 9.49. The highest BCUT2D eigenvalue weighted by Gasteiger charge is 2.36. The molecule has 1 aromatic carbocycles. The Morgan fingerprint density at radius 2 is 2.12 bits per heavy atom. The maximum atomic E-state index is 12.4. The summed E-state index contributed by atoms with van der Waals surface area (Å²) in [6, 6.07) is 8.39. The Morgan fingerprint density at radius 3 is 2.83 bits per heavy atom. The van der Waals surface area contributed by atoms with E-state index in [-0.39, 0.29) is 23.3 Å². The van der Waals surface area contributed by atoms with Gasteiger partial charge >= 0.3 is 0 Å². The fourth-order valence-electron chi connectivity index (χ4n) is 2.99. The minimum absolute atomic E-state index is 0.110. The standard InChI is InChI=1S/C17H18N2O4S/c20-17(12-3-4-12)19-8-7-13-10-15(5-6-16(13)19)24(21,22)18-11-14-2-1-9-23-14/h1-2,5-6,9-10,12,18H,3-4,7-8,11H2. The Labute approximate surface area is 140 Å². The fourth-order valence-corrected chi connectivity index (χ4v) is 4.03. The van der Waals surface area contributed by atoms with Crippen molar-refractivity contribution in [2.24, 2.45) is 5.92 Å². The van der Waals surface area contributed by atoms with Crippen LogP contribution in [0.1, 0.15) is 24.2 Å². The third-order valence-corrected chi connectivity index (χ3v) is 5.86. The minimum Gasteiger partial charge on any atom is -0.468 e. The van der Waals surface area contributed by atoms with E-state index in [0.717, 1.165) is 24.1 Å². The lowest BCUT2D eigenvalue weighted by atomic mass is 10.2. The predicted octanol–water partition coefficient (Wildman–Crippen LogP) is 2.06. The van der Waals surface area contributed by atoms with Crippen LogP contribution in [0.2, 0.25) is 0 Å². The highest BCUT2D eigenvalue weighted by atomic mass is 32.2. The number of nitrogens with one attached hydrogen (secondary N) is 1. The van der Waals surface area contributed by atoms with Crippen molar-refractivity contribution in [2.45, 2.75) is 30.7 Å². The number of anilines is 1. The molecule has 126 valence electrons. The van der Waals surface area contributed by atoms with Gasteiger partial charge in [0.2, 0.25) is 15.9 Å². The van der Waals surface area contributed by atoms with E-state index in [1.54, 1.807) is 35.2 Å². The molecular formula is C17H18N2O4S. The zero-order valence-electron chi connectivity index (χ0n) is 13.1. The first kappa shape index (κ1) is 15.4. The Morgan fingerprint density at radius 1 is 1.29 bits per heavy atom. The van der Waals surface area contributed by atoms with Gasteiger partial charge in [0.1, 0.15) is 5.76 Å². The van der Waals surface area contributed by atoms with Gasteiger partial charge in [0.25, 0.3) is 0 Å². The van der Waals surface area contributed by atoms with Crippen molar-refractivity contribution in [2.75, 3.05) is 11.4 Å². The average Bonchev–Trinajstić information content (AvgIpc) is 3.13. The van der Waals surface area contributed by atoms with E-state index in [1.807, 2.05) is 0 Å². The predicted molar refractivity (Wildman–Crippen MR) is 88.0 cm³/mol. The van der Waals surface area contributed by atoms with Crippen molar-refractivity contribution in [3.8, 4) is 0 Å². The van der Waals surface area contributed by atoms with Crippen LogP contribution in [0.15, 0.2) is 45.9 Å². The molecule has 1 aliphatic carbocycles. The second kappa shape index (κ2) is 5.75. The molecule has 1 aliphatic heterocycles. The molecule has 4 rings (SSSR count). The molecule has 0 atom stereocenters. The molecule has 2 aromatic rings. The summed E-state index contributed by atoms with van der Waals surface area (Å²) in [5.74, 6) is 0.885. The molecule has 0 unspecified atom stereocenters. The summed E-state index contributed by atoms with van der Waals surface area (Å²) in [4.78, 5) is 14.3. The van der Waals surface area contributed by atoms with E-state index in [9.17, 15) is 13.2 Å². The van der Waals surface area contributed by atoms with Crippen LogP contribution in [0.5, 0.6) is 0 Å². The Bertz CT molecular complexity index is 870. The number of fused-ring (bicyclic) bond motifs is 1. The molecule has 2 aliphatic rings. The van der Waals surface area contributed by atoms with Gasteiger partial charge in [0.05, 0.1) is 17.7 Å². The molecule has 1 fully saturated rings. The zero-order valence-corrected chi connectivity index (χ0v) is 13.9. The monoisotopic (exact) mass is 346 g/mol. The summed E-state index contributed by atoms with van der Waals surface area (Å²) >= 11 is 0. The van der Waals surface area contributed by atoms with Gasteiger partial charge < -0.3 is 9.32 Å². The lowest BCUT2D eigenvalue weighted by Crippen LogP contribution is -2.30. The number of hydrogen-bond acceptors (Lipinski definition) is 4. The van der Waals surface area contributed by atoms with E-state index in [0.29, 0.717) is 18.7 Å². The molecule has 0 saturated heterocycles. The first-order valence-electron chi connectivity index (χ1n) is 8.01. The summed E-state index contributed by atoms with van der Waals surface area (Å²) in [5.41, 5.74) is 1.75. The van der Waals surface area contributed by atoms with Crippen molar-refractivity contribution in [3.05, 3.63) is 47.9 Å². The SMILES string of the molecule is O=C(C1CC1)N1CCc2cc(S(=O)(=O)NCc3ccco3)ccc21. The summed E-state index contributed by atoms with van der Waals surface area (Å²) in [6.07, 6.45) is 4.13. The molecule has 7 heteroatoms. The van der Waals surface area contributed by atoms with E-state index in [1.165, 1.54) is 6.26 Å². The quantitative estimate of drug-likeness (QED) is 0.899. The van der Waals surface area contributed by atoms with Crippen LogP contribution in [0.3, 0.4) is 0 Å². The molecule has 24 heavy (non-hydrogen) atoms. The average molecular weight is 346 g/mol. The fraction of sp³-hybridized carbons (Fsp3) is 0.353. The molecule has 0 spiro atoms. The molecule has 1 aromatic heterocycles. The molecule has 6 nitrogen and oxygen atoms in total. The van der Waals surface area contributed by atoms with Crippen LogP contribution in [-0.2, 0) is 27.8 Å². The van der Waals surface area contributed by atoms with Crippen molar-refractivity contribution in [3.63, 3.8) is 0 Å². The van der Waals surface area contributed by atoms with Crippen LogP contribution in [0.4, 0.5) is 5.69 Å². The first-order chi connectivity index (χ1) is 11.5. The number of furan rings is 1. The summed E-state index contributed by atoms with van der Waals surface area (Å²) in [5, 5.41) is 0. The second-order valence-electron chi connectivity index (χ2n) is 6.21. The molecule has 0 bridgehead atoms. The number of nitrogens with zero attached hydrogens (tertiary/aromatic N) is 1. The third-order valence-electron chi connectivity index (χ3n) is 4.47. The smallest absolute Gasteiger partial charge is 0.240 e. The Kier molecular flexibility index (Phi) is 3.69. The Hall–Kier alpha value is -2.12. The van der Waals surface area contributed by atoms with Gasteiger partial charge in [-0.05, 0) is 55.2 Å². The molecular weight excluding hydrogens is 328 g/mol. The number of amides is 1. The molecule has 0 radical (unpaired) electrons. The number of hydrogen-bond donors (Lipinski definition) is 1. The van der Waals surface area contributed by atoms with Gasteiger partial charge in [-0.3, -0.25) is 4.79 Å². The maximum Gasteiger partial charge on any atom is 0.240 e. The van der Waals surface area contributed by atoms with Crippen LogP contribution in [0.25, 0.3) is 0 Å². The van der Waals surface area contributed by atoms with Crippen molar-refractivity contribution in [1.29, 1.82) is 0 Å². The largest absolute Gasteiger partial charge is 0.468 e. The number of carbonyl (C=O) groups is 1. The third kappa shape index (κ3) is 2.85. The van der Waals surface area contributed by atoms with Gasteiger partial charge in [-0.1, -0.05) is 0 Å². The van der Waals surface area contributed by atoms with Crippen molar-refractivity contribution < 1.29 is 17.6 Å². The topological polar surface area (TPSA) is 79.6 Å². The van der Waals surface area contributed by atoms with Gasteiger partial charge in [-0.25, -0.2) is 13.1 Å². The molecule has 2 heterocycles. The molecule has 1 saturated carbocycles. The number of sulfonamides is 1. The van der Waals surface area contributed by atoms with E-state index >= 15 is 0 Å². The lowest BCUT2D eigenvalue weighted by Gasteiger charge is -2.17. The van der Waals surface area contributed by atoms with Gasteiger partial charge in [0.15, 0.2) is 0 Å². The second-order valence-corrected chi connectivity index (χ2v) is 7.98. The van der Waals surface area contributed by atoms with Crippen LogP contribution in [-0.4, -0.2) is 20.9 Å². The summed E-state index contributed by atoms with van der Waals surface area (Å²) in [7, 11) is -3.61. The number of benzene rings is 1. The normalized spacial score (nSPS) is 17.1. The number of carbonyl (C=O) groups excluding carboxylic acids is 1. The van der Waals surface area contributed by atoms with Gasteiger partial charge in [0, 0.05) is 18.2 Å². The molecule has 1 N–H and O–H groups in total. The van der Waals surface area contributed by atoms with Crippen LogP contribution < -0.4 is 9.62 Å². The molecule has 1 amide bonds. The minimum atomic E-state index is -3.61. The summed E-state index contributed by atoms with van der Waals surface area (Å²) in [6.45, 7) is 0.743. The van der Waals surface area contributed by atoms with Crippen LogP contribution >= 0.6 is 0 Å². The maximum absolute atomic E-state index is 12.4. The van der Waals surface area contributed by atoms with E-state index < -0.39 is 10.0 Å². The zero-order chi connectivity index (χ0) is 16.7. The summed E-state index contributed by atoms with van der Waals surface area (Å²) < 4.78 is 32.5. The van der Waals surface area contributed by atoms with Crippen LogP contribution in [0, 0.1) is 5.92 Å². The van der Waals surface area contributed by atoms with E-state index in [4.69, 9.17) is 4.42 Å². The van der Waals surface area contributed by atoms with Gasteiger partial charge in [-0.15, -0.1) is 0 Å². The highest BCUT2D eigenvalue weighted by Crippen LogP contribution is 2.37. The van der Waals surface area contributed by atoms with E-state index in [2.05, 4.69) is 4.72 Å².